The van der Waals surface area contributed by atoms with Gasteiger partial charge in [-0.25, -0.2) is 0 Å². The van der Waals surface area contributed by atoms with Gasteiger partial charge in [0.25, 0.3) is 5.91 Å². The van der Waals surface area contributed by atoms with Gasteiger partial charge in [0.2, 0.25) is 0 Å². The van der Waals surface area contributed by atoms with Gasteiger partial charge in [0.1, 0.15) is 0 Å². The van der Waals surface area contributed by atoms with Crippen molar-refractivity contribution in [3.05, 3.63) is 53.6 Å². The SMILES string of the molecule is CC1Cc2ccccc2N1C(=O)c1ccc2c(c1)OCCCO2. The molecule has 2 aliphatic heterocycles. The zero-order valence-electron chi connectivity index (χ0n) is 13.1. The summed E-state index contributed by atoms with van der Waals surface area (Å²) in [6, 6.07) is 13.7. The van der Waals surface area contributed by atoms with Crippen LogP contribution < -0.4 is 14.4 Å². The molecule has 0 saturated carbocycles. The van der Waals surface area contributed by atoms with Crippen LogP contribution in [-0.2, 0) is 6.42 Å². The molecule has 2 heterocycles. The number of amides is 1. The largest absolute Gasteiger partial charge is 0.490 e. The highest BCUT2D eigenvalue weighted by atomic mass is 16.5. The highest BCUT2D eigenvalue weighted by Gasteiger charge is 2.31. The minimum absolute atomic E-state index is 0.0121. The first kappa shape index (κ1) is 14.1. The third-order valence-electron chi connectivity index (χ3n) is 4.42. The van der Waals surface area contributed by atoms with Crippen LogP contribution in [0.25, 0.3) is 0 Å². The number of hydrogen-bond acceptors (Lipinski definition) is 3. The highest BCUT2D eigenvalue weighted by molar-refractivity contribution is 6.08. The van der Waals surface area contributed by atoms with Crippen LogP contribution in [0.15, 0.2) is 42.5 Å². The maximum Gasteiger partial charge on any atom is 0.258 e. The van der Waals surface area contributed by atoms with E-state index in [-0.39, 0.29) is 11.9 Å². The molecule has 0 radical (unpaired) electrons. The highest BCUT2D eigenvalue weighted by Crippen LogP contribution is 2.35. The van der Waals surface area contributed by atoms with Gasteiger partial charge in [-0.15, -0.1) is 0 Å². The van der Waals surface area contributed by atoms with Crippen molar-refractivity contribution >= 4 is 11.6 Å². The summed E-state index contributed by atoms with van der Waals surface area (Å²) in [5, 5.41) is 0. The van der Waals surface area contributed by atoms with Crippen LogP contribution in [0, 0.1) is 0 Å². The summed E-state index contributed by atoms with van der Waals surface area (Å²) < 4.78 is 11.3. The molecule has 1 atom stereocenters. The molecule has 0 saturated heterocycles. The van der Waals surface area contributed by atoms with Gasteiger partial charge >= 0.3 is 0 Å². The Balaban J connectivity index is 1.68. The lowest BCUT2D eigenvalue weighted by atomic mass is 10.1. The summed E-state index contributed by atoms with van der Waals surface area (Å²) in [7, 11) is 0. The predicted octanol–water partition coefficient (Wildman–Crippen LogP) is 3.44. The van der Waals surface area contributed by atoms with Gasteiger partial charge in [0.15, 0.2) is 11.5 Å². The van der Waals surface area contributed by atoms with Crippen LogP contribution in [0.1, 0.15) is 29.3 Å². The summed E-state index contributed by atoms with van der Waals surface area (Å²) in [5.41, 5.74) is 2.87. The van der Waals surface area contributed by atoms with Gasteiger partial charge < -0.3 is 14.4 Å². The molecular formula is C19H19NO3. The van der Waals surface area contributed by atoms with Crippen LogP contribution in [0.2, 0.25) is 0 Å². The molecule has 0 bridgehead atoms. The molecular weight excluding hydrogens is 290 g/mol. The Hall–Kier alpha value is -2.49. The van der Waals surface area contributed by atoms with Crippen molar-refractivity contribution in [3.63, 3.8) is 0 Å². The number of ether oxygens (including phenoxy) is 2. The number of hydrogen-bond donors (Lipinski definition) is 0. The quantitative estimate of drug-likeness (QED) is 0.810. The molecule has 1 amide bonds. The lowest BCUT2D eigenvalue weighted by Crippen LogP contribution is -2.35. The number of para-hydroxylation sites is 1. The van der Waals surface area contributed by atoms with E-state index in [0.717, 1.165) is 18.5 Å². The van der Waals surface area contributed by atoms with Gasteiger partial charge in [-0.1, -0.05) is 18.2 Å². The minimum Gasteiger partial charge on any atom is -0.490 e. The number of fused-ring (bicyclic) bond motifs is 2. The molecule has 23 heavy (non-hydrogen) atoms. The Morgan fingerprint density at radius 2 is 1.87 bits per heavy atom. The zero-order valence-corrected chi connectivity index (χ0v) is 13.1. The second kappa shape index (κ2) is 5.61. The maximum absolute atomic E-state index is 13.0. The van der Waals surface area contributed by atoms with Crippen LogP contribution >= 0.6 is 0 Å². The van der Waals surface area contributed by atoms with E-state index in [2.05, 4.69) is 13.0 Å². The van der Waals surface area contributed by atoms with E-state index in [4.69, 9.17) is 9.47 Å². The summed E-state index contributed by atoms with van der Waals surface area (Å²) in [4.78, 5) is 14.9. The van der Waals surface area contributed by atoms with Crippen molar-refractivity contribution in [2.45, 2.75) is 25.8 Å². The molecule has 118 valence electrons. The smallest absolute Gasteiger partial charge is 0.258 e. The molecule has 2 aromatic rings. The number of rotatable bonds is 1. The fraction of sp³-hybridized carbons (Fsp3) is 0.316. The van der Waals surface area contributed by atoms with E-state index in [1.807, 2.05) is 35.2 Å². The van der Waals surface area contributed by atoms with E-state index in [0.29, 0.717) is 30.3 Å². The third kappa shape index (κ3) is 2.44. The molecule has 2 aromatic carbocycles. The standard InChI is InChI=1S/C19H19NO3/c1-13-11-14-5-2-3-6-16(14)20(13)19(21)15-7-8-17-18(12-15)23-10-4-9-22-17/h2-3,5-8,12-13H,4,9-11H2,1H3. The first-order valence-electron chi connectivity index (χ1n) is 8.05. The van der Waals surface area contributed by atoms with Crippen LogP contribution in [0.5, 0.6) is 11.5 Å². The predicted molar refractivity (Wildman–Crippen MR) is 88.5 cm³/mol. The molecule has 1 unspecified atom stereocenters. The fourth-order valence-corrected chi connectivity index (χ4v) is 3.31. The summed E-state index contributed by atoms with van der Waals surface area (Å²) in [6.45, 7) is 3.35. The van der Waals surface area contributed by atoms with Crippen molar-refractivity contribution in [2.24, 2.45) is 0 Å². The normalized spacial score (nSPS) is 19.2. The molecule has 0 spiro atoms. The van der Waals surface area contributed by atoms with Gasteiger partial charge in [-0.3, -0.25) is 4.79 Å². The molecule has 4 heteroatoms. The Kier molecular flexibility index (Phi) is 3.45. The van der Waals surface area contributed by atoms with E-state index in [1.54, 1.807) is 6.07 Å². The number of nitrogens with zero attached hydrogens (tertiary/aromatic N) is 1. The summed E-state index contributed by atoms with van der Waals surface area (Å²) in [5.74, 6) is 1.39. The maximum atomic E-state index is 13.0. The Morgan fingerprint density at radius 3 is 2.74 bits per heavy atom. The first-order valence-corrected chi connectivity index (χ1v) is 8.05. The number of benzene rings is 2. The van der Waals surface area contributed by atoms with Gasteiger partial charge in [0.05, 0.1) is 13.2 Å². The lowest BCUT2D eigenvalue weighted by Gasteiger charge is -2.23. The Labute approximate surface area is 135 Å². The average Bonchev–Trinajstić information content (AvgIpc) is 2.74. The molecule has 0 fully saturated rings. The molecule has 4 nitrogen and oxygen atoms in total. The fourth-order valence-electron chi connectivity index (χ4n) is 3.31. The van der Waals surface area contributed by atoms with Crippen LogP contribution in [0.4, 0.5) is 5.69 Å². The zero-order chi connectivity index (χ0) is 15.8. The average molecular weight is 309 g/mol. The van der Waals surface area contributed by atoms with Crippen molar-refractivity contribution in [1.82, 2.24) is 0 Å². The number of carbonyl (C=O) groups excluding carboxylic acids is 1. The first-order chi connectivity index (χ1) is 11.2. The molecule has 4 rings (SSSR count). The number of anilines is 1. The van der Waals surface area contributed by atoms with Gasteiger partial charge in [-0.2, -0.15) is 0 Å². The van der Waals surface area contributed by atoms with Crippen LogP contribution in [0.3, 0.4) is 0 Å². The van der Waals surface area contributed by atoms with Crippen molar-refractivity contribution in [2.75, 3.05) is 18.1 Å². The third-order valence-corrected chi connectivity index (χ3v) is 4.42. The second-order valence-corrected chi connectivity index (χ2v) is 6.07. The summed E-state index contributed by atoms with van der Waals surface area (Å²) >= 11 is 0. The van der Waals surface area contributed by atoms with Crippen LogP contribution in [-0.4, -0.2) is 25.2 Å². The molecule has 2 aliphatic rings. The van der Waals surface area contributed by atoms with E-state index >= 15 is 0 Å². The number of carbonyl (C=O) groups is 1. The topological polar surface area (TPSA) is 38.8 Å². The Bertz CT molecular complexity index is 756. The second-order valence-electron chi connectivity index (χ2n) is 6.07. The van der Waals surface area contributed by atoms with Gasteiger partial charge in [-0.05, 0) is 43.2 Å². The lowest BCUT2D eigenvalue weighted by molar-refractivity contribution is 0.0981. The van der Waals surface area contributed by atoms with Gasteiger partial charge in [0, 0.05) is 23.7 Å². The molecule has 0 N–H and O–H groups in total. The Morgan fingerprint density at radius 1 is 1.09 bits per heavy atom. The summed E-state index contributed by atoms with van der Waals surface area (Å²) in [6.07, 6.45) is 1.75. The molecule has 0 aromatic heterocycles. The van der Waals surface area contributed by atoms with E-state index < -0.39 is 0 Å². The van der Waals surface area contributed by atoms with E-state index in [9.17, 15) is 4.79 Å². The molecule has 0 aliphatic carbocycles. The van der Waals surface area contributed by atoms with Crippen molar-refractivity contribution < 1.29 is 14.3 Å². The van der Waals surface area contributed by atoms with E-state index in [1.165, 1.54) is 5.56 Å². The van der Waals surface area contributed by atoms with Crippen molar-refractivity contribution in [3.8, 4) is 11.5 Å². The minimum atomic E-state index is 0.0121. The van der Waals surface area contributed by atoms with Crippen molar-refractivity contribution in [1.29, 1.82) is 0 Å². The monoisotopic (exact) mass is 309 g/mol.